The maximum absolute atomic E-state index is 11.1. The van der Waals surface area contributed by atoms with Crippen molar-refractivity contribution in [1.29, 1.82) is 0 Å². The number of ether oxygens (including phenoxy) is 1. The number of hydrogen-bond acceptors (Lipinski definition) is 4. The van der Waals surface area contributed by atoms with Gasteiger partial charge in [-0.05, 0) is 79.2 Å². The van der Waals surface area contributed by atoms with E-state index >= 15 is 0 Å². The van der Waals surface area contributed by atoms with Gasteiger partial charge in [0.05, 0.1) is 22.3 Å². The van der Waals surface area contributed by atoms with E-state index in [4.69, 9.17) is 27.9 Å². The fraction of sp³-hybridized carbons (Fsp3) is 0.345. The quantitative estimate of drug-likeness (QED) is 0.161. The number of hydrogen-bond donors (Lipinski definition) is 3. The Morgan fingerprint density at radius 3 is 2.39 bits per heavy atom. The van der Waals surface area contributed by atoms with Gasteiger partial charge in [-0.25, -0.2) is 0 Å². The van der Waals surface area contributed by atoms with Crippen molar-refractivity contribution in [2.24, 2.45) is 0 Å². The first kappa shape index (κ1) is 28.2. The van der Waals surface area contributed by atoms with Gasteiger partial charge in [0.25, 0.3) is 0 Å². The number of nitrogens with zero attached hydrogens (tertiary/aromatic N) is 1. The molecule has 192 valence electrons. The molecule has 7 heteroatoms. The SMILES string of the molecule is CCC(O)(CCNCCC(C(=[N-])COCc1ccc(O)cc1)c1ccc(Cl)c(Cl)c1)c1ccccc1. The molecule has 0 aliphatic carbocycles. The summed E-state index contributed by atoms with van der Waals surface area (Å²) in [5.41, 5.74) is 1.98. The molecule has 0 spiro atoms. The van der Waals surface area contributed by atoms with Crippen molar-refractivity contribution < 1.29 is 14.9 Å². The number of aliphatic hydroxyl groups is 1. The average molecular weight is 529 g/mol. The molecule has 0 saturated heterocycles. The summed E-state index contributed by atoms with van der Waals surface area (Å²) >= 11 is 12.4. The van der Waals surface area contributed by atoms with E-state index in [1.807, 2.05) is 43.3 Å². The molecule has 3 N–H and O–H groups in total. The molecular weight excluding hydrogens is 495 g/mol. The summed E-state index contributed by atoms with van der Waals surface area (Å²) in [7, 11) is 0. The molecule has 3 aromatic rings. The van der Waals surface area contributed by atoms with E-state index in [9.17, 15) is 15.6 Å². The summed E-state index contributed by atoms with van der Waals surface area (Å²) in [6.07, 6.45) is 1.82. The van der Waals surface area contributed by atoms with E-state index in [1.54, 1.807) is 36.4 Å². The van der Waals surface area contributed by atoms with Crippen LogP contribution in [-0.2, 0) is 16.9 Å². The minimum atomic E-state index is -0.881. The molecule has 0 fully saturated rings. The molecule has 0 heterocycles. The lowest BCUT2D eigenvalue weighted by molar-refractivity contribution is 0.0237. The van der Waals surface area contributed by atoms with Crippen LogP contribution in [0.2, 0.25) is 10.0 Å². The van der Waals surface area contributed by atoms with Gasteiger partial charge in [0.15, 0.2) is 0 Å². The number of benzene rings is 3. The van der Waals surface area contributed by atoms with Gasteiger partial charge in [-0.1, -0.05) is 78.7 Å². The third-order valence-electron chi connectivity index (χ3n) is 6.42. The van der Waals surface area contributed by atoms with Gasteiger partial charge >= 0.3 is 0 Å². The maximum Gasteiger partial charge on any atom is 0.115 e. The molecule has 0 aliphatic rings. The summed E-state index contributed by atoms with van der Waals surface area (Å²) in [6, 6.07) is 21.8. The Morgan fingerprint density at radius 1 is 1.00 bits per heavy atom. The van der Waals surface area contributed by atoms with Gasteiger partial charge in [0.1, 0.15) is 5.75 Å². The van der Waals surface area contributed by atoms with Crippen molar-refractivity contribution in [1.82, 2.24) is 5.32 Å². The number of rotatable bonds is 14. The zero-order valence-corrected chi connectivity index (χ0v) is 22.0. The van der Waals surface area contributed by atoms with Crippen LogP contribution in [0.5, 0.6) is 5.75 Å². The predicted molar refractivity (Wildman–Crippen MR) is 148 cm³/mol. The van der Waals surface area contributed by atoms with Crippen molar-refractivity contribution in [3.8, 4) is 5.75 Å². The lowest BCUT2D eigenvalue weighted by Gasteiger charge is -2.28. The first-order valence-electron chi connectivity index (χ1n) is 12.2. The molecular formula is C29H33Cl2N2O3-. The summed E-state index contributed by atoms with van der Waals surface area (Å²) in [6.45, 7) is 3.62. The Labute approximate surface area is 223 Å². The van der Waals surface area contributed by atoms with E-state index in [0.717, 1.165) is 16.7 Å². The topological polar surface area (TPSA) is 84.0 Å². The van der Waals surface area contributed by atoms with Crippen LogP contribution in [0, 0.1) is 0 Å². The highest BCUT2D eigenvalue weighted by Crippen LogP contribution is 2.30. The van der Waals surface area contributed by atoms with Gasteiger partial charge < -0.3 is 25.7 Å². The molecule has 3 rings (SSSR count). The van der Waals surface area contributed by atoms with Gasteiger partial charge in [-0.3, -0.25) is 0 Å². The predicted octanol–water partition coefficient (Wildman–Crippen LogP) is 6.68. The molecule has 2 atom stereocenters. The Hall–Kier alpha value is -2.41. The molecule has 2 unspecified atom stereocenters. The van der Waals surface area contributed by atoms with E-state index in [2.05, 4.69) is 5.32 Å². The van der Waals surface area contributed by atoms with E-state index in [-0.39, 0.29) is 24.0 Å². The smallest absolute Gasteiger partial charge is 0.115 e. The normalized spacial score (nSPS) is 13.8. The van der Waals surface area contributed by atoms with Crippen LogP contribution >= 0.6 is 23.2 Å². The van der Waals surface area contributed by atoms with Gasteiger partial charge in [-0.15, -0.1) is 0 Å². The third kappa shape index (κ3) is 8.05. The Bertz CT molecular complexity index is 1110. The molecule has 5 nitrogen and oxygen atoms in total. The Kier molecular flexibility index (Phi) is 10.8. The number of nitrogens with one attached hydrogen (secondary N) is 1. The molecule has 0 radical (unpaired) electrons. The summed E-state index contributed by atoms with van der Waals surface area (Å²) in [4.78, 5) is 0. The molecule has 0 bridgehead atoms. The number of halogens is 2. The van der Waals surface area contributed by atoms with Crippen molar-refractivity contribution in [3.63, 3.8) is 0 Å². The highest BCUT2D eigenvalue weighted by atomic mass is 35.5. The van der Waals surface area contributed by atoms with Crippen LogP contribution in [0.4, 0.5) is 0 Å². The first-order valence-corrected chi connectivity index (χ1v) is 12.9. The zero-order valence-electron chi connectivity index (χ0n) is 20.5. The fourth-order valence-corrected chi connectivity index (χ4v) is 4.47. The Balaban J connectivity index is 1.57. The van der Waals surface area contributed by atoms with Gasteiger partial charge in [-0.2, -0.15) is 5.71 Å². The highest BCUT2D eigenvalue weighted by Gasteiger charge is 2.26. The van der Waals surface area contributed by atoms with Crippen molar-refractivity contribution in [2.45, 2.75) is 44.3 Å². The minimum Gasteiger partial charge on any atom is -0.809 e. The van der Waals surface area contributed by atoms with Gasteiger partial charge in [0.2, 0.25) is 0 Å². The first-order chi connectivity index (χ1) is 17.3. The second kappa shape index (κ2) is 13.8. The van der Waals surface area contributed by atoms with Crippen molar-refractivity contribution >= 4 is 28.9 Å². The number of phenols is 1. The third-order valence-corrected chi connectivity index (χ3v) is 7.16. The molecule has 0 aliphatic heterocycles. The zero-order chi connectivity index (χ0) is 26.0. The van der Waals surface area contributed by atoms with Crippen LogP contribution in [0.15, 0.2) is 72.8 Å². The van der Waals surface area contributed by atoms with E-state index in [0.29, 0.717) is 49.0 Å². The second-order valence-electron chi connectivity index (χ2n) is 8.92. The average Bonchev–Trinajstić information content (AvgIpc) is 2.89. The second-order valence-corrected chi connectivity index (χ2v) is 9.73. The molecule has 3 aromatic carbocycles. The summed E-state index contributed by atoms with van der Waals surface area (Å²) in [5, 5.41) is 35.7. The van der Waals surface area contributed by atoms with Crippen molar-refractivity contribution in [2.75, 3.05) is 19.7 Å². The Morgan fingerprint density at radius 2 is 1.72 bits per heavy atom. The van der Waals surface area contributed by atoms with Gasteiger partial charge in [0, 0.05) is 6.61 Å². The summed E-state index contributed by atoms with van der Waals surface area (Å²) in [5.74, 6) is -0.104. The molecule has 0 aromatic heterocycles. The number of phenolic OH excluding ortho intramolecular Hbond substituents is 1. The maximum atomic E-state index is 11.1. The van der Waals surface area contributed by atoms with Crippen LogP contribution in [0.25, 0.3) is 5.41 Å². The monoisotopic (exact) mass is 527 g/mol. The van der Waals surface area contributed by atoms with Crippen LogP contribution in [-0.4, -0.2) is 35.6 Å². The molecule has 0 amide bonds. The standard InChI is InChI=1S/C29H33Cl2N2O3/c1-2-29(35,23-6-4-3-5-7-23)15-17-33-16-14-25(22-10-13-26(30)27(31)18-22)28(32)20-36-19-21-8-11-24(34)12-9-21/h3-13,18,25,33-35H,2,14-17,19-20H2,1H3/q-1. The molecule has 36 heavy (non-hydrogen) atoms. The largest absolute Gasteiger partial charge is 0.809 e. The fourth-order valence-electron chi connectivity index (χ4n) is 4.16. The highest BCUT2D eigenvalue weighted by molar-refractivity contribution is 6.42. The van der Waals surface area contributed by atoms with Crippen LogP contribution in [0.3, 0.4) is 0 Å². The number of aromatic hydroxyl groups is 1. The van der Waals surface area contributed by atoms with E-state index < -0.39 is 5.60 Å². The lowest BCUT2D eigenvalue weighted by atomic mass is 9.88. The summed E-state index contributed by atoms with van der Waals surface area (Å²) < 4.78 is 5.73. The van der Waals surface area contributed by atoms with E-state index in [1.165, 1.54) is 0 Å². The molecule has 0 saturated carbocycles. The minimum absolute atomic E-state index is 0.0649. The van der Waals surface area contributed by atoms with Crippen molar-refractivity contribution in [3.05, 3.63) is 105 Å². The lowest BCUT2D eigenvalue weighted by Crippen LogP contribution is -2.31. The van der Waals surface area contributed by atoms with Crippen LogP contribution in [0.1, 0.15) is 48.8 Å². The van der Waals surface area contributed by atoms with Crippen LogP contribution < -0.4 is 5.32 Å².